The van der Waals surface area contributed by atoms with Crippen LogP contribution in [0.25, 0.3) is 0 Å². The van der Waals surface area contributed by atoms with Gasteiger partial charge < -0.3 is 15.9 Å². The van der Waals surface area contributed by atoms with Crippen LogP contribution in [0.4, 0.5) is 10.2 Å². The summed E-state index contributed by atoms with van der Waals surface area (Å²) in [6.07, 6.45) is -1.58. The van der Waals surface area contributed by atoms with Gasteiger partial charge in [0.15, 0.2) is 6.17 Å². The van der Waals surface area contributed by atoms with Gasteiger partial charge in [0.1, 0.15) is 17.3 Å². The van der Waals surface area contributed by atoms with E-state index in [-0.39, 0.29) is 12.4 Å². The first-order valence-corrected chi connectivity index (χ1v) is 5.92. The van der Waals surface area contributed by atoms with E-state index < -0.39 is 28.6 Å². The molecule has 1 aromatic heterocycles. The van der Waals surface area contributed by atoms with Crippen molar-refractivity contribution in [1.29, 1.82) is 0 Å². The van der Waals surface area contributed by atoms with Gasteiger partial charge in [0, 0.05) is 6.20 Å². The van der Waals surface area contributed by atoms with Gasteiger partial charge in [0.2, 0.25) is 0 Å². The second kappa shape index (κ2) is 4.63. The molecule has 6 nitrogen and oxygen atoms in total. The molecular weight excluding hydrogens is 249 g/mol. The lowest BCUT2D eigenvalue weighted by Crippen LogP contribution is -2.33. The largest absolute Gasteiger partial charge is 0.395 e. The first-order valence-electron chi connectivity index (χ1n) is 4.97. The van der Waals surface area contributed by atoms with Crippen molar-refractivity contribution >= 4 is 17.6 Å². The van der Waals surface area contributed by atoms with Crippen LogP contribution in [-0.2, 0) is 0 Å². The molecule has 4 N–H and O–H groups in total. The molecule has 0 radical (unpaired) electrons. The topological polar surface area (TPSA) is 101 Å². The lowest BCUT2D eigenvalue weighted by Gasteiger charge is -2.15. The predicted molar refractivity (Wildman–Crippen MR) is 61.3 cm³/mol. The number of rotatable bonds is 2. The molecule has 8 heteroatoms. The summed E-state index contributed by atoms with van der Waals surface area (Å²) in [6.45, 7) is -0.347. The van der Waals surface area contributed by atoms with E-state index in [0.717, 1.165) is 16.3 Å². The van der Waals surface area contributed by atoms with E-state index in [1.165, 1.54) is 12.3 Å². The molecule has 0 spiro atoms. The third-order valence-corrected chi connectivity index (χ3v) is 4.14. The molecule has 2 rings (SSSR count). The maximum absolute atomic E-state index is 13.8. The van der Waals surface area contributed by atoms with Gasteiger partial charge in [-0.1, -0.05) is 0 Å². The third kappa shape index (κ3) is 2.15. The van der Waals surface area contributed by atoms with Crippen LogP contribution < -0.4 is 11.4 Å². The molecule has 4 atom stereocenters. The van der Waals surface area contributed by atoms with Crippen molar-refractivity contribution in [3.05, 3.63) is 22.7 Å². The Labute approximate surface area is 100 Å². The van der Waals surface area contributed by atoms with Gasteiger partial charge in [0.05, 0.1) is 11.9 Å². The van der Waals surface area contributed by atoms with Crippen LogP contribution in [0, 0.1) is 0 Å². The fraction of sp³-hybridized carbons (Fsp3) is 0.556. The van der Waals surface area contributed by atoms with Crippen molar-refractivity contribution in [3.8, 4) is 0 Å². The maximum atomic E-state index is 13.8. The molecule has 1 saturated heterocycles. The minimum atomic E-state index is -1.62. The summed E-state index contributed by atoms with van der Waals surface area (Å²) in [7, 11) is 0. The second-order valence-corrected chi connectivity index (χ2v) is 5.09. The van der Waals surface area contributed by atoms with Crippen LogP contribution in [0.3, 0.4) is 0 Å². The zero-order valence-corrected chi connectivity index (χ0v) is 9.55. The summed E-state index contributed by atoms with van der Waals surface area (Å²) in [5, 5.41) is 17.0. The zero-order valence-electron chi connectivity index (χ0n) is 8.73. The maximum Gasteiger partial charge on any atom is 0.350 e. The van der Waals surface area contributed by atoms with Crippen molar-refractivity contribution in [1.82, 2.24) is 9.55 Å². The lowest BCUT2D eigenvalue weighted by molar-refractivity contribution is 0.0631. The van der Waals surface area contributed by atoms with Crippen LogP contribution in [0.1, 0.15) is 5.37 Å². The number of aromatic nitrogens is 2. The number of anilines is 1. The third-order valence-electron chi connectivity index (χ3n) is 2.60. The molecule has 0 aromatic carbocycles. The fourth-order valence-electron chi connectivity index (χ4n) is 1.70. The van der Waals surface area contributed by atoms with E-state index in [9.17, 15) is 14.3 Å². The van der Waals surface area contributed by atoms with Gasteiger partial charge in [-0.15, -0.1) is 11.8 Å². The highest BCUT2D eigenvalue weighted by Crippen LogP contribution is 2.42. The molecule has 1 aromatic rings. The van der Waals surface area contributed by atoms with Gasteiger partial charge >= 0.3 is 5.69 Å². The smallest absolute Gasteiger partial charge is 0.350 e. The number of aliphatic hydroxyl groups excluding tert-OH is 2. The minimum Gasteiger partial charge on any atom is -0.395 e. The van der Waals surface area contributed by atoms with Crippen molar-refractivity contribution in [2.45, 2.75) is 22.9 Å². The summed E-state index contributed by atoms with van der Waals surface area (Å²) >= 11 is 1.01. The average Bonchev–Trinajstić information content (AvgIpc) is 2.57. The molecule has 0 aliphatic carbocycles. The highest BCUT2D eigenvalue weighted by molar-refractivity contribution is 8.00. The molecule has 0 saturated carbocycles. The van der Waals surface area contributed by atoms with Crippen LogP contribution in [0.15, 0.2) is 17.1 Å². The molecule has 94 valence electrons. The molecule has 17 heavy (non-hydrogen) atoms. The van der Waals surface area contributed by atoms with Crippen molar-refractivity contribution < 1.29 is 14.6 Å². The van der Waals surface area contributed by atoms with E-state index >= 15 is 0 Å². The molecule has 1 aliphatic heterocycles. The molecule has 1 fully saturated rings. The highest BCUT2D eigenvalue weighted by Gasteiger charge is 2.44. The van der Waals surface area contributed by atoms with Gasteiger partial charge in [-0.2, -0.15) is 4.98 Å². The van der Waals surface area contributed by atoms with E-state index in [1.807, 2.05) is 0 Å². The summed E-state index contributed by atoms with van der Waals surface area (Å²) in [6, 6.07) is 1.38. The first-order chi connectivity index (χ1) is 8.04. The van der Waals surface area contributed by atoms with Crippen LogP contribution in [0.2, 0.25) is 0 Å². The number of nitrogens with two attached hydrogens (primary N) is 1. The number of alkyl halides is 1. The SMILES string of the molecule is Nc1ccn([C@H]2S[C@@H](CO)[C@H](O)[C@H]2F)c(=O)n1. The van der Waals surface area contributed by atoms with Gasteiger partial charge in [-0.3, -0.25) is 4.57 Å². The molecular formula is C9H12FN3O3S. The number of nitrogen functional groups attached to an aromatic ring is 1. The number of hydrogen-bond acceptors (Lipinski definition) is 6. The van der Waals surface area contributed by atoms with E-state index in [2.05, 4.69) is 4.98 Å². The Morgan fingerprint density at radius 1 is 1.65 bits per heavy atom. The Morgan fingerprint density at radius 2 is 2.35 bits per heavy atom. The molecule has 1 aliphatic rings. The van der Waals surface area contributed by atoms with Crippen LogP contribution in [0.5, 0.6) is 0 Å². The van der Waals surface area contributed by atoms with Crippen molar-refractivity contribution in [3.63, 3.8) is 0 Å². The minimum absolute atomic E-state index is 0.0592. The van der Waals surface area contributed by atoms with Gasteiger partial charge in [0.25, 0.3) is 0 Å². The summed E-state index contributed by atoms with van der Waals surface area (Å²) in [5.74, 6) is 0.0592. The quantitative estimate of drug-likeness (QED) is 0.640. The van der Waals surface area contributed by atoms with E-state index in [0.29, 0.717) is 0 Å². The number of aliphatic hydroxyl groups is 2. The van der Waals surface area contributed by atoms with Crippen LogP contribution >= 0.6 is 11.8 Å². The Bertz CT molecular complexity index is 469. The predicted octanol–water partition coefficient (Wildman–Crippen LogP) is -0.869. The first kappa shape index (κ1) is 12.3. The van der Waals surface area contributed by atoms with Crippen molar-refractivity contribution in [2.24, 2.45) is 0 Å². The Hall–Kier alpha value is -1.12. The Morgan fingerprint density at radius 3 is 2.88 bits per heavy atom. The summed E-state index contributed by atoms with van der Waals surface area (Å²) in [5.41, 5.74) is 4.66. The summed E-state index contributed by atoms with van der Waals surface area (Å²) in [4.78, 5) is 15.0. The standard InChI is InChI=1S/C9H12FN3O3S/c10-6-7(15)4(3-14)17-8(6)13-2-1-5(11)12-9(13)16/h1-2,4,6-8,14-15H,3H2,(H2,11,12,16)/t4-,6+,7-,8-/m0/s1. The molecule has 0 bridgehead atoms. The Balaban J connectivity index is 2.32. The van der Waals surface area contributed by atoms with Crippen molar-refractivity contribution in [2.75, 3.05) is 12.3 Å². The monoisotopic (exact) mass is 261 g/mol. The summed E-state index contributed by atoms with van der Waals surface area (Å²) < 4.78 is 14.9. The molecule has 2 heterocycles. The van der Waals surface area contributed by atoms with E-state index in [1.54, 1.807) is 0 Å². The van der Waals surface area contributed by atoms with E-state index in [4.69, 9.17) is 10.8 Å². The normalized spacial score (nSPS) is 32.9. The molecule has 0 amide bonds. The lowest BCUT2D eigenvalue weighted by atomic mass is 10.1. The number of thioether (sulfide) groups is 1. The molecule has 0 unspecified atom stereocenters. The van der Waals surface area contributed by atoms with Crippen LogP contribution in [-0.4, -0.2) is 43.9 Å². The van der Waals surface area contributed by atoms with Gasteiger partial charge in [-0.05, 0) is 6.07 Å². The van der Waals surface area contributed by atoms with Gasteiger partial charge in [-0.25, -0.2) is 9.18 Å². The fourth-order valence-corrected chi connectivity index (χ4v) is 3.06. The number of nitrogens with zero attached hydrogens (tertiary/aromatic N) is 2. The average molecular weight is 261 g/mol. The second-order valence-electron chi connectivity index (χ2n) is 3.72. The number of halogens is 1. The number of hydrogen-bond donors (Lipinski definition) is 3. The highest BCUT2D eigenvalue weighted by atomic mass is 32.2. The zero-order chi connectivity index (χ0) is 12.6. The Kier molecular flexibility index (Phi) is 3.36.